The molecule has 1 aromatic carbocycles. The number of aromatic nitrogens is 4. The van der Waals surface area contributed by atoms with Gasteiger partial charge in [0.1, 0.15) is 5.82 Å². The number of nitrogens with zero attached hydrogens (tertiary/aromatic N) is 5. The zero-order valence-electron chi connectivity index (χ0n) is 17.7. The summed E-state index contributed by atoms with van der Waals surface area (Å²) < 4.78 is 8.30. The summed E-state index contributed by atoms with van der Waals surface area (Å²) in [6, 6.07) is 11.9. The molecule has 0 unspecified atom stereocenters. The maximum atomic E-state index is 12.8. The summed E-state index contributed by atoms with van der Waals surface area (Å²) in [4.78, 5) is 32.0. The van der Waals surface area contributed by atoms with E-state index in [1.165, 1.54) is 4.68 Å². The van der Waals surface area contributed by atoms with Gasteiger partial charge >= 0.3 is 11.1 Å². The molecule has 160 valence electrons. The van der Waals surface area contributed by atoms with Crippen molar-refractivity contribution < 1.29 is 4.74 Å². The monoisotopic (exact) mass is 419 g/mol. The number of methoxy groups -OCH3 is 1. The fraction of sp³-hybridized carbons (Fsp3) is 0.391. The number of hydrogen-bond donors (Lipinski definition) is 0. The van der Waals surface area contributed by atoms with Crippen molar-refractivity contribution in [2.45, 2.75) is 32.5 Å². The SMILES string of the molecule is COc1ncccc1CN1C[C@H]2Cn3c(nn(Cc4ccc(C)cc4)c(=O)c3=O)[C@@H]2C1. The van der Waals surface area contributed by atoms with Crippen LogP contribution in [0.15, 0.2) is 52.2 Å². The van der Waals surface area contributed by atoms with Crippen LogP contribution in [0.1, 0.15) is 28.4 Å². The van der Waals surface area contributed by atoms with Gasteiger partial charge in [-0.3, -0.25) is 19.1 Å². The minimum Gasteiger partial charge on any atom is -0.481 e. The van der Waals surface area contributed by atoms with Crippen LogP contribution in [-0.4, -0.2) is 44.4 Å². The quantitative estimate of drug-likeness (QED) is 0.582. The molecule has 2 aliphatic heterocycles. The first kappa shape index (κ1) is 19.7. The van der Waals surface area contributed by atoms with E-state index >= 15 is 0 Å². The zero-order valence-corrected chi connectivity index (χ0v) is 17.7. The number of fused-ring (bicyclic) bond motifs is 3. The van der Waals surface area contributed by atoms with Gasteiger partial charge < -0.3 is 4.74 Å². The highest BCUT2D eigenvalue weighted by molar-refractivity contribution is 5.26. The highest BCUT2D eigenvalue weighted by Gasteiger charge is 2.42. The van der Waals surface area contributed by atoms with Crippen molar-refractivity contribution in [3.8, 4) is 5.88 Å². The van der Waals surface area contributed by atoms with Crippen LogP contribution in [0.5, 0.6) is 5.88 Å². The molecule has 1 saturated heterocycles. The van der Waals surface area contributed by atoms with Crippen molar-refractivity contribution in [3.63, 3.8) is 0 Å². The largest absolute Gasteiger partial charge is 0.481 e. The predicted molar refractivity (Wildman–Crippen MR) is 115 cm³/mol. The maximum Gasteiger partial charge on any atom is 0.332 e. The Hall–Kier alpha value is -3.26. The molecule has 2 aliphatic rings. The molecule has 0 spiro atoms. The van der Waals surface area contributed by atoms with Gasteiger partial charge in [-0.05, 0) is 18.6 Å². The van der Waals surface area contributed by atoms with Crippen molar-refractivity contribution >= 4 is 0 Å². The van der Waals surface area contributed by atoms with Crippen LogP contribution < -0.4 is 15.9 Å². The van der Waals surface area contributed by atoms with E-state index in [2.05, 4.69) is 15.0 Å². The van der Waals surface area contributed by atoms with Crippen LogP contribution >= 0.6 is 0 Å². The number of rotatable bonds is 5. The maximum absolute atomic E-state index is 12.8. The van der Waals surface area contributed by atoms with Crippen LogP contribution in [0.25, 0.3) is 0 Å². The highest BCUT2D eigenvalue weighted by Crippen LogP contribution is 2.38. The predicted octanol–water partition coefficient (Wildman–Crippen LogP) is 1.39. The zero-order chi connectivity index (χ0) is 21.5. The van der Waals surface area contributed by atoms with Crippen LogP contribution in [0.3, 0.4) is 0 Å². The second kappa shape index (κ2) is 7.77. The lowest BCUT2D eigenvalue weighted by Crippen LogP contribution is -2.44. The Morgan fingerprint density at radius 2 is 1.84 bits per heavy atom. The van der Waals surface area contributed by atoms with E-state index in [-0.39, 0.29) is 11.8 Å². The third kappa shape index (κ3) is 3.57. The van der Waals surface area contributed by atoms with Crippen molar-refractivity contribution in [1.82, 2.24) is 24.2 Å². The number of aryl methyl sites for hydroxylation is 1. The van der Waals surface area contributed by atoms with Gasteiger partial charge in [-0.1, -0.05) is 35.9 Å². The van der Waals surface area contributed by atoms with Crippen molar-refractivity contribution in [3.05, 3.63) is 85.8 Å². The first-order chi connectivity index (χ1) is 15.0. The van der Waals surface area contributed by atoms with Crippen LogP contribution in [-0.2, 0) is 19.6 Å². The fourth-order valence-corrected chi connectivity index (χ4v) is 4.75. The molecule has 1 fully saturated rings. The lowest BCUT2D eigenvalue weighted by Gasteiger charge is -2.18. The lowest BCUT2D eigenvalue weighted by molar-refractivity contribution is 0.294. The summed E-state index contributed by atoms with van der Waals surface area (Å²) in [6.07, 6.45) is 1.72. The van der Waals surface area contributed by atoms with Crippen LogP contribution in [0.4, 0.5) is 0 Å². The second-order valence-corrected chi connectivity index (χ2v) is 8.45. The third-order valence-electron chi connectivity index (χ3n) is 6.32. The van der Waals surface area contributed by atoms with Crippen molar-refractivity contribution in [1.29, 1.82) is 0 Å². The number of ether oxygens (including phenoxy) is 1. The molecule has 0 aliphatic carbocycles. The summed E-state index contributed by atoms with van der Waals surface area (Å²) >= 11 is 0. The molecule has 3 aromatic rings. The Morgan fingerprint density at radius 3 is 2.61 bits per heavy atom. The summed E-state index contributed by atoms with van der Waals surface area (Å²) in [5, 5.41) is 4.65. The highest BCUT2D eigenvalue weighted by atomic mass is 16.5. The molecule has 0 saturated carbocycles. The fourth-order valence-electron chi connectivity index (χ4n) is 4.75. The van der Waals surface area contributed by atoms with E-state index in [1.807, 2.05) is 43.3 Å². The van der Waals surface area contributed by atoms with E-state index in [9.17, 15) is 9.59 Å². The van der Waals surface area contributed by atoms with Gasteiger partial charge in [0.15, 0.2) is 0 Å². The van der Waals surface area contributed by atoms with E-state index < -0.39 is 11.1 Å². The topological polar surface area (TPSA) is 82.2 Å². The van der Waals surface area contributed by atoms with Gasteiger partial charge in [-0.25, -0.2) is 9.67 Å². The average molecular weight is 419 g/mol. The number of benzene rings is 1. The molecule has 8 nitrogen and oxygen atoms in total. The molecule has 0 bridgehead atoms. The second-order valence-electron chi connectivity index (χ2n) is 8.45. The summed E-state index contributed by atoms with van der Waals surface area (Å²) in [6.45, 7) is 5.24. The molecular formula is C23H25N5O3. The van der Waals surface area contributed by atoms with Gasteiger partial charge in [0.2, 0.25) is 5.88 Å². The van der Waals surface area contributed by atoms with Crippen molar-refractivity contribution in [2.24, 2.45) is 5.92 Å². The number of hydrogen-bond acceptors (Lipinski definition) is 6. The molecule has 31 heavy (non-hydrogen) atoms. The Morgan fingerprint density at radius 1 is 1.03 bits per heavy atom. The van der Waals surface area contributed by atoms with Crippen LogP contribution in [0.2, 0.25) is 0 Å². The normalized spacial score (nSPS) is 19.9. The molecule has 0 amide bonds. The summed E-state index contributed by atoms with van der Waals surface area (Å²) in [7, 11) is 1.63. The third-order valence-corrected chi connectivity index (χ3v) is 6.32. The molecule has 2 aromatic heterocycles. The molecule has 0 N–H and O–H groups in total. The Bertz CT molecular complexity index is 1230. The smallest absolute Gasteiger partial charge is 0.332 e. The minimum absolute atomic E-state index is 0.139. The first-order valence-corrected chi connectivity index (χ1v) is 10.5. The van der Waals surface area contributed by atoms with E-state index in [1.54, 1.807) is 17.9 Å². The van der Waals surface area contributed by atoms with Gasteiger partial charge in [-0.2, -0.15) is 5.10 Å². The Kier molecular flexibility index (Phi) is 4.94. The molecule has 0 radical (unpaired) electrons. The molecule has 4 heterocycles. The summed E-state index contributed by atoms with van der Waals surface area (Å²) in [5.74, 6) is 1.78. The molecule has 2 atom stereocenters. The first-order valence-electron chi connectivity index (χ1n) is 10.5. The van der Waals surface area contributed by atoms with Gasteiger partial charge in [0, 0.05) is 49.8 Å². The Labute approximate surface area is 179 Å². The summed E-state index contributed by atoms with van der Waals surface area (Å²) in [5.41, 5.74) is 2.13. The van der Waals surface area contributed by atoms with Crippen molar-refractivity contribution in [2.75, 3.05) is 20.2 Å². The van der Waals surface area contributed by atoms with E-state index in [4.69, 9.17) is 4.74 Å². The number of pyridine rings is 1. The molecule has 8 heteroatoms. The van der Waals surface area contributed by atoms with Gasteiger partial charge in [0.05, 0.1) is 13.7 Å². The van der Waals surface area contributed by atoms with Gasteiger partial charge in [0.25, 0.3) is 0 Å². The Balaban J connectivity index is 1.40. The average Bonchev–Trinajstić information content (AvgIpc) is 3.32. The number of likely N-dealkylation sites (tertiary alicyclic amines) is 1. The minimum atomic E-state index is -0.554. The standard InChI is InChI=1S/C23H25N5O3/c1-15-5-7-16(8-6-15)10-28-23(30)22(29)27-13-18-12-26(14-19(18)20(27)25-28)11-17-4-3-9-24-21(17)31-2/h3-9,18-19H,10-14H2,1-2H3/t18-,19+/m0/s1. The molecular weight excluding hydrogens is 394 g/mol. The van der Waals surface area contributed by atoms with E-state index in [0.29, 0.717) is 19.0 Å². The molecule has 5 rings (SSSR count). The van der Waals surface area contributed by atoms with Crippen LogP contribution in [0, 0.1) is 12.8 Å². The lowest BCUT2D eigenvalue weighted by atomic mass is 10.00. The van der Waals surface area contributed by atoms with E-state index in [0.717, 1.165) is 42.1 Å². The van der Waals surface area contributed by atoms with Gasteiger partial charge in [-0.15, -0.1) is 0 Å².